The fourth-order valence-corrected chi connectivity index (χ4v) is 1.76. The van der Waals surface area contributed by atoms with Gasteiger partial charge in [0.15, 0.2) is 0 Å². The second-order valence-electron chi connectivity index (χ2n) is 4.00. The second kappa shape index (κ2) is 3.39. The molecule has 76 valence electrons. The summed E-state index contributed by atoms with van der Waals surface area (Å²) in [5.41, 5.74) is 3.91. The van der Waals surface area contributed by atoms with Gasteiger partial charge in [0.2, 0.25) is 0 Å². The van der Waals surface area contributed by atoms with Gasteiger partial charge in [-0.25, -0.2) is 4.52 Å². The quantitative estimate of drug-likeness (QED) is 0.708. The Bertz CT molecular complexity index is 544. The van der Waals surface area contributed by atoms with E-state index in [1.807, 2.05) is 29.8 Å². The van der Waals surface area contributed by atoms with Crippen molar-refractivity contribution in [3.05, 3.63) is 35.2 Å². The third-order valence-corrected chi connectivity index (χ3v) is 2.69. The van der Waals surface area contributed by atoms with E-state index in [1.54, 1.807) is 0 Å². The van der Waals surface area contributed by atoms with Gasteiger partial charge >= 0.3 is 0 Å². The number of hydrogen-bond donors (Lipinski definition) is 0. The van der Waals surface area contributed by atoms with E-state index < -0.39 is 0 Å². The molecule has 2 heterocycles. The van der Waals surface area contributed by atoms with Gasteiger partial charge in [0.05, 0.1) is 23.0 Å². The Balaban J connectivity index is 2.77. The summed E-state index contributed by atoms with van der Waals surface area (Å²) in [6.45, 7) is 6.21. The van der Waals surface area contributed by atoms with E-state index in [1.165, 1.54) is 5.56 Å². The molecule has 0 fully saturated rings. The number of nitriles is 1. The summed E-state index contributed by atoms with van der Waals surface area (Å²) in [6, 6.07) is 5.99. The Morgan fingerprint density at radius 2 is 2.13 bits per heavy atom. The molecule has 3 heteroatoms. The average molecular weight is 199 g/mol. The first-order valence-corrected chi connectivity index (χ1v) is 5.02. The average Bonchev–Trinajstić information content (AvgIpc) is 2.62. The monoisotopic (exact) mass is 199 g/mol. The normalized spacial score (nSPS) is 10.9. The lowest BCUT2D eigenvalue weighted by atomic mass is 10.1. The predicted octanol–water partition coefficient (Wildman–Crippen LogP) is 2.64. The number of hydrogen-bond acceptors (Lipinski definition) is 2. The molecule has 0 aliphatic heterocycles. The molecular formula is C12H13N3. The molecule has 0 aliphatic carbocycles. The Kier molecular flexibility index (Phi) is 2.20. The van der Waals surface area contributed by atoms with Gasteiger partial charge in [-0.3, -0.25) is 0 Å². The smallest absolute Gasteiger partial charge is 0.101 e. The molecule has 2 rings (SSSR count). The van der Waals surface area contributed by atoms with E-state index in [-0.39, 0.29) is 0 Å². The molecule has 0 saturated heterocycles. The van der Waals surface area contributed by atoms with E-state index in [0.717, 1.165) is 11.2 Å². The van der Waals surface area contributed by atoms with Crippen LogP contribution in [0.3, 0.4) is 0 Å². The van der Waals surface area contributed by atoms with Crippen LogP contribution in [0.25, 0.3) is 5.52 Å². The first-order valence-electron chi connectivity index (χ1n) is 5.02. The Labute approximate surface area is 89.0 Å². The molecule has 0 spiro atoms. The molecule has 0 bridgehead atoms. The van der Waals surface area contributed by atoms with Crippen LogP contribution in [0.2, 0.25) is 0 Å². The highest BCUT2D eigenvalue weighted by molar-refractivity contribution is 5.58. The maximum absolute atomic E-state index is 8.90. The van der Waals surface area contributed by atoms with E-state index in [9.17, 15) is 0 Å². The van der Waals surface area contributed by atoms with E-state index in [0.29, 0.717) is 11.5 Å². The van der Waals surface area contributed by atoms with Crippen LogP contribution in [-0.4, -0.2) is 9.61 Å². The van der Waals surface area contributed by atoms with Crippen LogP contribution < -0.4 is 0 Å². The molecule has 0 N–H and O–H groups in total. The van der Waals surface area contributed by atoms with Crippen molar-refractivity contribution in [1.82, 2.24) is 9.61 Å². The van der Waals surface area contributed by atoms with Crippen LogP contribution in [-0.2, 0) is 0 Å². The molecular weight excluding hydrogens is 186 g/mol. The topological polar surface area (TPSA) is 41.1 Å². The number of aryl methyl sites for hydroxylation is 1. The molecule has 2 aromatic rings. The van der Waals surface area contributed by atoms with Gasteiger partial charge in [0.1, 0.15) is 6.07 Å². The van der Waals surface area contributed by atoms with Gasteiger partial charge in [-0.15, -0.1) is 0 Å². The minimum Gasteiger partial charge on any atom is -0.236 e. The maximum atomic E-state index is 8.90. The molecule has 0 aromatic carbocycles. The minimum absolute atomic E-state index is 0.454. The summed E-state index contributed by atoms with van der Waals surface area (Å²) in [7, 11) is 0. The van der Waals surface area contributed by atoms with Gasteiger partial charge in [-0.05, 0) is 25.0 Å². The van der Waals surface area contributed by atoms with Gasteiger partial charge in [0, 0.05) is 5.56 Å². The standard InChI is InChI=1S/C12H13N3/c1-8(2)11-7-14-15-9(3)10(6-13)4-5-12(11)15/h4-5,7-8H,1-3H3. The van der Waals surface area contributed by atoms with Crippen LogP contribution in [0.4, 0.5) is 0 Å². The second-order valence-corrected chi connectivity index (χ2v) is 4.00. The van der Waals surface area contributed by atoms with Crippen molar-refractivity contribution < 1.29 is 0 Å². The molecule has 0 atom stereocenters. The summed E-state index contributed by atoms with van der Waals surface area (Å²) in [6.07, 6.45) is 1.88. The minimum atomic E-state index is 0.454. The first kappa shape index (κ1) is 9.72. The lowest BCUT2D eigenvalue weighted by molar-refractivity contribution is 0.875. The number of nitrogens with zero attached hydrogens (tertiary/aromatic N) is 3. The molecule has 2 aromatic heterocycles. The fraction of sp³-hybridized carbons (Fsp3) is 0.333. The van der Waals surface area contributed by atoms with Crippen molar-refractivity contribution in [1.29, 1.82) is 5.26 Å². The number of rotatable bonds is 1. The highest BCUT2D eigenvalue weighted by atomic mass is 15.2. The maximum Gasteiger partial charge on any atom is 0.101 e. The number of pyridine rings is 1. The Hall–Kier alpha value is -1.82. The zero-order valence-electron chi connectivity index (χ0n) is 9.15. The SMILES string of the molecule is Cc1c(C#N)ccc2c(C(C)C)cnn12. The van der Waals surface area contributed by atoms with E-state index >= 15 is 0 Å². The van der Waals surface area contributed by atoms with Crippen molar-refractivity contribution in [2.45, 2.75) is 26.7 Å². The number of fused-ring (bicyclic) bond motifs is 1. The highest BCUT2D eigenvalue weighted by Crippen LogP contribution is 2.22. The van der Waals surface area contributed by atoms with Crippen LogP contribution in [0, 0.1) is 18.3 Å². The summed E-state index contributed by atoms with van der Waals surface area (Å²) >= 11 is 0. The van der Waals surface area contributed by atoms with E-state index in [4.69, 9.17) is 5.26 Å². The van der Waals surface area contributed by atoms with Crippen LogP contribution in [0.5, 0.6) is 0 Å². The van der Waals surface area contributed by atoms with Crippen LogP contribution in [0.15, 0.2) is 18.3 Å². The molecule has 0 unspecified atom stereocenters. The summed E-state index contributed by atoms with van der Waals surface area (Å²) in [4.78, 5) is 0. The third kappa shape index (κ3) is 1.39. The molecule has 0 radical (unpaired) electrons. The lowest BCUT2D eigenvalue weighted by Crippen LogP contribution is -1.97. The summed E-state index contributed by atoms with van der Waals surface area (Å²) in [5.74, 6) is 0.454. The molecule has 0 aliphatic rings. The highest BCUT2D eigenvalue weighted by Gasteiger charge is 2.10. The van der Waals surface area contributed by atoms with Gasteiger partial charge in [0.25, 0.3) is 0 Å². The zero-order chi connectivity index (χ0) is 11.0. The fourth-order valence-electron chi connectivity index (χ4n) is 1.76. The van der Waals surface area contributed by atoms with Gasteiger partial charge in [-0.2, -0.15) is 10.4 Å². The Morgan fingerprint density at radius 1 is 1.40 bits per heavy atom. The van der Waals surface area contributed by atoms with Crippen molar-refractivity contribution in [2.75, 3.05) is 0 Å². The van der Waals surface area contributed by atoms with Crippen molar-refractivity contribution >= 4 is 5.52 Å². The first-order chi connectivity index (χ1) is 7.15. The summed E-state index contributed by atoms with van der Waals surface area (Å²) in [5, 5.41) is 13.2. The van der Waals surface area contributed by atoms with E-state index in [2.05, 4.69) is 25.0 Å². The Morgan fingerprint density at radius 3 is 2.73 bits per heavy atom. The van der Waals surface area contributed by atoms with Crippen LogP contribution >= 0.6 is 0 Å². The number of aromatic nitrogens is 2. The molecule has 0 saturated carbocycles. The molecule has 15 heavy (non-hydrogen) atoms. The lowest BCUT2D eigenvalue weighted by Gasteiger charge is -2.04. The molecule has 0 amide bonds. The zero-order valence-corrected chi connectivity index (χ0v) is 9.15. The third-order valence-electron chi connectivity index (χ3n) is 2.69. The van der Waals surface area contributed by atoms with Crippen molar-refractivity contribution in [3.63, 3.8) is 0 Å². The predicted molar refractivity (Wildman–Crippen MR) is 58.7 cm³/mol. The summed E-state index contributed by atoms with van der Waals surface area (Å²) < 4.78 is 1.84. The van der Waals surface area contributed by atoms with Gasteiger partial charge < -0.3 is 0 Å². The van der Waals surface area contributed by atoms with Crippen LogP contribution in [0.1, 0.15) is 36.6 Å². The van der Waals surface area contributed by atoms with Gasteiger partial charge in [-0.1, -0.05) is 13.8 Å². The van der Waals surface area contributed by atoms with Crippen molar-refractivity contribution in [2.24, 2.45) is 0 Å². The van der Waals surface area contributed by atoms with Crippen molar-refractivity contribution in [3.8, 4) is 6.07 Å². The largest absolute Gasteiger partial charge is 0.236 e. The molecule has 3 nitrogen and oxygen atoms in total.